The van der Waals surface area contributed by atoms with Gasteiger partial charge < -0.3 is 10.1 Å². The van der Waals surface area contributed by atoms with Gasteiger partial charge in [0.05, 0.1) is 17.6 Å². The lowest BCUT2D eigenvalue weighted by atomic mass is 10.2. The maximum Gasteiger partial charge on any atom is 0.338 e. The van der Waals surface area contributed by atoms with Crippen LogP contribution in [0.3, 0.4) is 0 Å². The number of ether oxygens (including phenoxy) is 1. The molecule has 0 saturated heterocycles. The van der Waals surface area contributed by atoms with Crippen molar-refractivity contribution in [3.8, 4) is 0 Å². The lowest BCUT2D eigenvalue weighted by Gasteiger charge is -2.07. The van der Waals surface area contributed by atoms with Gasteiger partial charge >= 0.3 is 12.0 Å². The molecule has 0 unspecified atom stereocenters. The van der Waals surface area contributed by atoms with Crippen LogP contribution in [0, 0.1) is 0 Å². The molecule has 136 valence electrons. The summed E-state index contributed by atoms with van der Waals surface area (Å²) in [6.07, 6.45) is 1.38. The van der Waals surface area contributed by atoms with E-state index < -0.39 is 22.0 Å². The van der Waals surface area contributed by atoms with E-state index >= 15 is 0 Å². The van der Waals surface area contributed by atoms with Crippen molar-refractivity contribution < 1.29 is 22.7 Å². The van der Waals surface area contributed by atoms with E-state index in [1.54, 1.807) is 31.2 Å². The van der Waals surface area contributed by atoms with Gasteiger partial charge in [-0.1, -0.05) is 30.3 Å². The number of amides is 2. The van der Waals surface area contributed by atoms with E-state index in [0.717, 1.165) is 5.41 Å². The quantitative estimate of drug-likeness (QED) is 0.757. The Morgan fingerprint density at radius 1 is 1.04 bits per heavy atom. The van der Waals surface area contributed by atoms with Gasteiger partial charge in [0, 0.05) is 5.69 Å². The van der Waals surface area contributed by atoms with Crippen molar-refractivity contribution in [1.29, 1.82) is 0 Å². The molecule has 0 heterocycles. The smallest absolute Gasteiger partial charge is 0.338 e. The fraction of sp³-hybridized carbons (Fsp3) is 0.111. The Labute approximate surface area is 151 Å². The summed E-state index contributed by atoms with van der Waals surface area (Å²) in [7, 11) is -3.94. The molecule has 0 aromatic heterocycles. The minimum absolute atomic E-state index is 0.260. The number of hydrogen-bond donors (Lipinski definition) is 2. The number of urea groups is 1. The number of carbonyl (C=O) groups is 2. The molecule has 2 rings (SSSR count). The third kappa shape index (κ3) is 6.06. The summed E-state index contributed by atoms with van der Waals surface area (Å²) in [4.78, 5) is 23.4. The summed E-state index contributed by atoms with van der Waals surface area (Å²) >= 11 is 0. The van der Waals surface area contributed by atoms with Crippen LogP contribution in [-0.2, 0) is 14.8 Å². The number of carbonyl (C=O) groups excluding carboxylic acids is 2. The molecule has 0 bridgehead atoms. The number of esters is 1. The van der Waals surface area contributed by atoms with Crippen molar-refractivity contribution in [3.63, 3.8) is 0 Å². The highest BCUT2D eigenvalue weighted by Gasteiger charge is 2.12. The monoisotopic (exact) mass is 374 g/mol. The van der Waals surface area contributed by atoms with Gasteiger partial charge in [-0.2, -0.15) is 0 Å². The zero-order valence-electron chi connectivity index (χ0n) is 14.0. The molecular weight excluding hydrogens is 356 g/mol. The van der Waals surface area contributed by atoms with Crippen LogP contribution in [0.25, 0.3) is 6.08 Å². The Morgan fingerprint density at radius 3 is 2.31 bits per heavy atom. The first-order chi connectivity index (χ1) is 12.4. The maximum absolute atomic E-state index is 11.9. The number of sulfonamides is 1. The van der Waals surface area contributed by atoms with Gasteiger partial charge in [-0.05, 0) is 42.8 Å². The molecule has 0 aliphatic rings. The summed E-state index contributed by atoms with van der Waals surface area (Å²) in [6, 6.07) is 13.8. The van der Waals surface area contributed by atoms with Crippen LogP contribution in [0.4, 0.5) is 10.5 Å². The Kier molecular flexibility index (Phi) is 6.51. The Bertz CT molecular complexity index is 891. The second kappa shape index (κ2) is 8.82. The van der Waals surface area contributed by atoms with E-state index in [9.17, 15) is 18.0 Å². The average Bonchev–Trinajstić information content (AvgIpc) is 2.61. The van der Waals surface area contributed by atoms with Crippen molar-refractivity contribution in [2.45, 2.75) is 6.92 Å². The zero-order chi connectivity index (χ0) is 19.0. The molecule has 2 aromatic carbocycles. The Balaban J connectivity index is 1.95. The van der Waals surface area contributed by atoms with Crippen LogP contribution in [-0.4, -0.2) is 27.0 Å². The summed E-state index contributed by atoms with van der Waals surface area (Å²) < 4.78 is 30.5. The first-order valence-electron chi connectivity index (χ1n) is 7.74. The van der Waals surface area contributed by atoms with Crippen LogP contribution in [0.5, 0.6) is 0 Å². The molecule has 26 heavy (non-hydrogen) atoms. The van der Waals surface area contributed by atoms with Crippen LogP contribution in [0.1, 0.15) is 22.8 Å². The minimum atomic E-state index is -3.94. The highest BCUT2D eigenvalue weighted by molar-refractivity contribution is 7.93. The highest BCUT2D eigenvalue weighted by atomic mass is 32.2. The van der Waals surface area contributed by atoms with Gasteiger partial charge in [-0.3, -0.25) is 0 Å². The number of benzene rings is 2. The van der Waals surface area contributed by atoms with E-state index in [0.29, 0.717) is 16.8 Å². The molecule has 7 nitrogen and oxygen atoms in total. The molecule has 0 saturated carbocycles. The van der Waals surface area contributed by atoms with Crippen molar-refractivity contribution in [2.24, 2.45) is 0 Å². The fourth-order valence-electron chi connectivity index (χ4n) is 1.96. The molecule has 0 radical (unpaired) electrons. The molecular formula is C18H18N2O5S. The molecule has 0 atom stereocenters. The number of rotatable bonds is 6. The van der Waals surface area contributed by atoms with Crippen molar-refractivity contribution in [3.05, 3.63) is 71.1 Å². The zero-order valence-corrected chi connectivity index (χ0v) is 14.8. The van der Waals surface area contributed by atoms with Crippen molar-refractivity contribution in [1.82, 2.24) is 4.72 Å². The van der Waals surface area contributed by atoms with Gasteiger partial charge in [-0.25, -0.2) is 22.7 Å². The van der Waals surface area contributed by atoms with Crippen LogP contribution in [0.15, 0.2) is 60.0 Å². The highest BCUT2D eigenvalue weighted by Crippen LogP contribution is 2.11. The lowest BCUT2D eigenvalue weighted by molar-refractivity contribution is 0.0526. The molecule has 0 spiro atoms. The van der Waals surface area contributed by atoms with E-state index in [4.69, 9.17) is 4.74 Å². The van der Waals surface area contributed by atoms with Gasteiger partial charge in [0.2, 0.25) is 0 Å². The molecule has 2 aromatic rings. The first-order valence-corrected chi connectivity index (χ1v) is 9.28. The molecule has 0 aliphatic heterocycles. The second-order valence-corrected chi connectivity index (χ2v) is 6.68. The number of hydrogen-bond acceptors (Lipinski definition) is 5. The molecule has 8 heteroatoms. The normalized spacial score (nSPS) is 11.1. The van der Waals surface area contributed by atoms with E-state index in [1.165, 1.54) is 30.3 Å². The molecule has 0 fully saturated rings. The summed E-state index contributed by atoms with van der Waals surface area (Å²) in [5.74, 6) is -0.475. The average molecular weight is 374 g/mol. The van der Waals surface area contributed by atoms with Crippen LogP contribution in [0.2, 0.25) is 0 Å². The minimum Gasteiger partial charge on any atom is -0.462 e. The van der Waals surface area contributed by atoms with Gasteiger partial charge in [-0.15, -0.1) is 0 Å². The predicted octanol–water partition coefficient (Wildman–Crippen LogP) is 2.99. The van der Waals surface area contributed by atoms with E-state index in [-0.39, 0.29) is 6.61 Å². The van der Waals surface area contributed by atoms with Crippen molar-refractivity contribution in [2.75, 3.05) is 11.9 Å². The molecule has 0 aliphatic carbocycles. The van der Waals surface area contributed by atoms with E-state index in [2.05, 4.69) is 5.32 Å². The van der Waals surface area contributed by atoms with Gasteiger partial charge in [0.15, 0.2) is 0 Å². The fourth-order valence-corrected chi connectivity index (χ4v) is 2.67. The third-order valence-electron chi connectivity index (χ3n) is 3.13. The number of nitrogens with one attached hydrogen (secondary N) is 2. The number of anilines is 1. The Hall–Kier alpha value is -3.13. The maximum atomic E-state index is 11.9. The standard InChI is InChI=1S/C18H18N2O5S/c1-2-25-17(21)15-8-10-16(11-9-15)19-18(22)20-26(23,24)13-12-14-6-4-3-5-7-14/h3-13H,2H2,1H3,(H2,19,20,22)/b13-12+. The van der Waals surface area contributed by atoms with Crippen LogP contribution < -0.4 is 10.0 Å². The van der Waals surface area contributed by atoms with E-state index in [1.807, 2.05) is 10.8 Å². The summed E-state index contributed by atoms with van der Waals surface area (Å²) in [5.41, 5.74) is 1.35. The molecule has 2 N–H and O–H groups in total. The van der Waals surface area contributed by atoms with Crippen LogP contribution >= 0.6 is 0 Å². The lowest BCUT2D eigenvalue weighted by Crippen LogP contribution is -2.32. The largest absolute Gasteiger partial charge is 0.462 e. The third-order valence-corrected chi connectivity index (χ3v) is 4.09. The summed E-state index contributed by atoms with van der Waals surface area (Å²) in [6.45, 7) is 1.96. The second-order valence-electron chi connectivity index (χ2n) is 5.11. The SMILES string of the molecule is CCOC(=O)c1ccc(NC(=O)NS(=O)(=O)/C=C/c2ccccc2)cc1. The van der Waals surface area contributed by atoms with Gasteiger partial charge in [0.25, 0.3) is 10.0 Å². The Morgan fingerprint density at radius 2 is 1.69 bits per heavy atom. The predicted molar refractivity (Wildman–Crippen MR) is 98.9 cm³/mol. The summed E-state index contributed by atoms with van der Waals surface area (Å²) in [5, 5.41) is 3.29. The first kappa shape index (κ1) is 19.2. The van der Waals surface area contributed by atoms with Gasteiger partial charge in [0.1, 0.15) is 0 Å². The topological polar surface area (TPSA) is 102 Å². The van der Waals surface area contributed by atoms with Crippen molar-refractivity contribution >= 4 is 33.8 Å². The molecule has 2 amide bonds.